The van der Waals surface area contributed by atoms with Crippen molar-refractivity contribution in [1.82, 2.24) is 19.6 Å². The molecule has 0 bridgehead atoms. The molecule has 3 rings (SSSR count). The summed E-state index contributed by atoms with van der Waals surface area (Å²) >= 11 is 0. The van der Waals surface area contributed by atoms with Gasteiger partial charge in [-0.25, -0.2) is 14.3 Å². The standard InChI is InChI=1S/C13H19N5O2/c1-8-15-12(6-11-16-17-13(19)18(8)11)20-10-5-3-2-4-9(10)7-14/h6,9-10H,2-5,7,14H2,1H3,(H,17,19). The Balaban J connectivity index is 1.88. The molecule has 7 heteroatoms. The third-order valence-corrected chi connectivity index (χ3v) is 3.96. The number of aryl methyl sites for hydroxylation is 1. The predicted octanol–water partition coefficient (Wildman–Crippen LogP) is 0.622. The van der Waals surface area contributed by atoms with Gasteiger partial charge in [-0.15, -0.1) is 0 Å². The van der Waals surface area contributed by atoms with Gasteiger partial charge in [0.25, 0.3) is 0 Å². The summed E-state index contributed by atoms with van der Waals surface area (Å²) in [6.45, 7) is 2.39. The number of nitrogens with zero attached hydrogens (tertiary/aromatic N) is 3. The van der Waals surface area contributed by atoms with Crippen molar-refractivity contribution in [2.24, 2.45) is 11.7 Å². The molecular weight excluding hydrogens is 258 g/mol. The average Bonchev–Trinajstić information content (AvgIpc) is 2.81. The van der Waals surface area contributed by atoms with Crippen molar-refractivity contribution < 1.29 is 4.74 Å². The van der Waals surface area contributed by atoms with E-state index in [4.69, 9.17) is 10.5 Å². The van der Waals surface area contributed by atoms with Gasteiger partial charge in [-0.3, -0.25) is 0 Å². The molecule has 0 radical (unpaired) electrons. The molecule has 2 atom stereocenters. The summed E-state index contributed by atoms with van der Waals surface area (Å²) in [5.41, 5.74) is 6.05. The SMILES string of the molecule is Cc1nc(OC2CCCCC2CN)cc2n[nH]c(=O)n12. The monoisotopic (exact) mass is 277 g/mol. The molecule has 1 aliphatic carbocycles. The molecule has 0 aliphatic heterocycles. The van der Waals surface area contributed by atoms with E-state index in [0.717, 1.165) is 19.3 Å². The number of H-pyrrole nitrogens is 1. The van der Waals surface area contributed by atoms with Crippen LogP contribution in [0.1, 0.15) is 31.5 Å². The Kier molecular flexibility index (Phi) is 3.43. The number of hydrogen-bond acceptors (Lipinski definition) is 5. The number of nitrogens with one attached hydrogen (secondary N) is 1. The molecule has 1 saturated carbocycles. The van der Waals surface area contributed by atoms with Crippen LogP contribution < -0.4 is 16.2 Å². The Bertz CT molecular complexity index is 662. The van der Waals surface area contributed by atoms with Crippen molar-refractivity contribution in [3.8, 4) is 5.88 Å². The molecule has 20 heavy (non-hydrogen) atoms. The maximum absolute atomic E-state index is 11.5. The van der Waals surface area contributed by atoms with Crippen LogP contribution in [0.2, 0.25) is 0 Å². The summed E-state index contributed by atoms with van der Waals surface area (Å²) in [7, 11) is 0. The van der Waals surface area contributed by atoms with E-state index in [1.165, 1.54) is 10.8 Å². The Morgan fingerprint density at radius 1 is 1.50 bits per heavy atom. The molecule has 1 fully saturated rings. The van der Waals surface area contributed by atoms with E-state index in [-0.39, 0.29) is 11.8 Å². The average molecular weight is 277 g/mol. The molecule has 0 saturated heterocycles. The normalized spacial score (nSPS) is 23.1. The number of fused-ring (bicyclic) bond motifs is 1. The van der Waals surface area contributed by atoms with Gasteiger partial charge in [0.05, 0.1) is 0 Å². The van der Waals surface area contributed by atoms with E-state index in [1.54, 1.807) is 13.0 Å². The lowest BCUT2D eigenvalue weighted by molar-refractivity contribution is 0.0920. The summed E-state index contributed by atoms with van der Waals surface area (Å²) in [6.07, 6.45) is 4.58. The molecule has 108 valence electrons. The second-order valence-corrected chi connectivity index (χ2v) is 5.30. The van der Waals surface area contributed by atoms with Gasteiger partial charge < -0.3 is 10.5 Å². The Morgan fingerprint density at radius 2 is 2.30 bits per heavy atom. The van der Waals surface area contributed by atoms with Crippen molar-refractivity contribution in [2.45, 2.75) is 38.7 Å². The van der Waals surface area contributed by atoms with Crippen LogP contribution in [0.25, 0.3) is 5.65 Å². The van der Waals surface area contributed by atoms with Crippen LogP contribution >= 0.6 is 0 Å². The van der Waals surface area contributed by atoms with Crippen LogP contribution in [0.4, 0.5) is 0 Å². The molecular formula is C13H19N5O2. The summed E-state index contributed by atoms with van der Waals surface area (Å²) < 4.78 is 7.42. The van der Waals surface area contributed by atoms with Crippen molar-refractivity contribution in [3.63, 3.8) is 0 Å². The zero-order chi connectivity index (χ0) is 14.1. The van der Waals surface area contributed by atoms with E-state index in [0.29, 0.717) is 29.8 Å². The van der Waals surface area contributed by atoms with Gasteiger partial charge in [0.1, 0.15) is 11.9 Å². The second kappa shape index (κ2) is 5.24. The lowest BCUT2D eigenvalue weighted by Gasteiger charge is -2.30. The van der Waals surface area contributed by atoms with Crippen LogP contribution in [0.5, 0.6) is 5.88 Å². The van der Waals surface area contributed by atoms with E-state index >= 15 is 0 Å². The summed E-state index contributed by atoms with van der Waals surface area (Å²) in [5.74, 6) is 1.46. The minimum Gasteiger partial charge on any atom is -0.474 e. The lowest BCUT2D eigenvalue weighted by atomic mass is 9.86. The zero-order valence-electron chi connectivity index (χ0n) is 11.5. The number of aromatic amines is 1. The highest BCUT2D eigenvalue weighted by molar-refractivity contribution is 5.40. The predicted molar refractivity (Wildman–Crippen MR) is 73.8 cm³/mol. The van der Waals surface area contributed by atoms with Crippen molar-refractivity contribution in [2.75, 3.05) is 6.54 Å². The van der Waals surface area contributed by atoms with Crippen LogP contribution in [0.3, 0.4) is 0 Å². The number of ether oxygens (including phenoxy) is 1. The molecule has 1 aliphatic rings. The van der Waals surface area contributed by atoms with Gasteiger partial charge in [0.15, 0.2) is 5.65 Å². The molecule has 0 aromatic carbocycles. The van der Waals surface area contributed by atoms with Crippen molar-refractivity contribution >= 4 is 5.65 Å². The van der Waals surface area contributed by atoms with E-state index < -0.39 is 0 Å². The number of hydrogen-bond donors (Lipinski definition) is 2. The fraction of sp³-hybridized carbons (Fsp3) is 0.615. The highest BCUT2D eigenvalue weighted by Crippen LogP contribution is 2.27. The van der Waals surface area contributed by atoms with Crippen molar-refractivity contribution in [3.05, 3.63) is 22.4 Å². The van der Waals surface area contributed by atoms with E-state index in [9.17, 15) is 4.79 Å². The summed E-state index contributed by atoms with van der Waals surface area (Å²) in [6, 6.07) is 1.69. The van der Waals surface area contributed by atoms with E-state index in [2.05, 4.69) is 15.2 Å². The lowest BCUT2D eigenvalue weighted by Crippen LogP contribution is -2.35. The molecule has 2 aromatic rings. The minimum atomic E-state index is -0.283. The molecule has 7 nitrogen and oxygen atoms in total. The van der Waals surface area contributed by atoms with Crippen molar-refractivity contribution in [1.29, 1.82) is 0 Å². The summed E-state index contributed by atoms with van der Waals surface area (Å²) in [5, 5.41) is 6.36. The van der Waals surface area contributed by atoms with Gasteiger partial charge in [0, 0.05) is 12.0 Å². The molecule has 2 unspecified atom stereocenters. The minimum absolute atomic E-state index is 0.105. The Labute approximate surface area is 116 Å². The molecule has 0 amide bonds. The first-order valence-corrected chi connectivity index (χ1v) is 7.00. The van der Waals surface area contributed by atoms with Crippen LogP contribution in [0, 0.1) is 12.8 Å². The third-order valence-electron chi connectivity index (χ3n) is 3.96. The summed E-state index contributed by atoms with van der Waals surface area (Å²) in [4.78, 5) is 15.9. The Morgan fingerprint density at radius 3 is 3.10 bits per heavy atom. The van der Waals surface area contributed by atoms with Gasteiger partial charge >= 0.3 is 5.69 Å². The van der Waals surface area contributed by atoms with Gasteiger partial charge in [0.2, 0.25) is 5.88 Å². The van der Waals surface area contributed by atoms with Gasteiger partial charge in [-0.1, -0.05) is 6.42 Å². The van der Waals surface area contributed by atoms with E-state index in [1.807, 2.05) is 0 Å². The highest BCUT2D eigenvalue weighted by atomic mass is 16.5. The smallest absolute Gasteiger partial charge is 0.349 e. The number of rotatable bonds is 3. The number of aromatic nitrogens is 4. The molecule has 2 heterocycles. The first kappa shape index (κ1) is 13.1. The quantitative estimate of drug-likeness (QED) is 0.857. The Hall–Kier alpha value is -1.89. The fourth-order valence-electron chi connectivity index (χ4n) is 2.88. The highest BCUT2D eigenvalue weighted by Gasteiger charge is 2.26. The number of nitrogens with two attached hydrogens (primary N) is 1. The van der Waals surface area contributed by atoms with Gasteiger partial charge in [-0.2, -0.15) is 10.1 Å². The molecule has 3 N–H and O–H groups in total. The van der Waals surface area contributed by atoms with Crippen LogP contribution in [-0.4, -0.2) is 32.2 Å². The first-order chi connectivity index (χ1) is 9.69. The maximum atomic E-state index is 11.5. The van der Waals surface area contributed by atoms with Crippen LogP contribution in [-0.2, 0) is 0 Å². The third kappa shape index (κ3) is 2.29. The first-order valence-electron chi connectivity index (χ1n) is 7.00. The largest absolute Gasteiger partial charge is 0.474 e. The fourth-order valence-corrected chi connectivity index (χ4v) is 2.88. The maximum Gasteiger partial charge on any atom is 0.349 e. The zero-order valence-corrected chi connectivity index (χ0v) is 11.5. The molecule has 0 spiro atoms. The topological polar surface area (TPSA) is 98.3 Å². The second-order valence-electron chi connectivity index (χ2n) is 5.30. The van der Waals surface area contributed by atoms with Gasteiger partial charge in [-0.05, 0) is 32.7 Å². The molecule has 2 aromatic heterocycles. The van der Waals surface area contributed by atoms with Crippen LogP contribution in [0.15, 0.2) is 10.9 Å².